The molecule has 0 fully saturated rings. The fraction of sp³-hybridized carbons (Fsp3) is 0. The topological polar surface area (TPSA) is 56.7 Å². The normalized spacial score (nSPS) is 11.8. The van der Waals surface area contributed by atoms with Gasteiger partial charge in [-0.1, -0.05) is 133 Å². The highest BCUT2D eigenvalue weighted by atomic mass is 16.3. The van der Waals surface area contributed by atoms with Crippen LogP contribution in [0.2, 0.25) is 0 Å². The summed E-state index contributed by atoms with van der Waals surface area (Å²) in [5, 5.41) is 9.32. The van der Waals surface area contributed by atoms with Gasteiger partial charge in [0.15, 0.2) is 17.5 Å². The van der Waals surface area contributed by atoms with Crippen LogP contribution in [0.1, 0.15) is 0 Å². The number of hydrogen-bond donors (Lipinski definition) is 0. The Morgan fingerprint density at radius 2 is 0.879 bits per heavy atom. The molecule has 12 rings (SSSR count). The maximum atomic E-state index is 6.20. The molecule has 0 radical (unpaired) electrons. The molecule has 5 nitrogen and oxygen atoms in total. The molecule has 3 aromatic heterocycles. The van der Waals surface area contributed by atoms with E-state index in [0.717, 1.165) is 66.5 Å². The van der Waals surface area contributed by atoms with E-state index in [2.05, 4.69) is 150 Å². The predicted octanol–water partition coefficient (Wildman–Crippen LogP) is 13.8. The van der Waals surface area contributed by atoms with Crippen LogP contribution in [0, 0.1) is 0 Å². The molecule has 0 amide bonds. The zero-order chi connectivity index (χ0) is 38.2. The van der Waals surface area contributed by atoms with Gasteiger partial charge in [-0.3, -0.25) is 0 Å². The smallest absolute Gasteiger partial charge is 0.164 e. The third-order valence-electron chi connectivity index (χ3n) is 11.4. The molecule has 0 unspecified atom stereocenters. The van der Waals surface area contributed by atoms with Crippen molar-refractivity contribution in [2.45, 2.75) is 0 Å². The molecule has 5 heteroatoms. The fourth-order valence-corrected chi connectivity index (χ4v) is 8.73. The molecule has 12 aromatic rings. The number of furan rings is 1. The lowest BCUT2D eigenvalue weighted by Gasteiger charge is -2.16. The number of aromatic nitrogens is 4. The standard InChI is InChI=1S/C53H32N4O/c1-2-14-33(15-3-1)51-54-52(35-26-27-50-46(32-35)44-22-10-13-25-49(44)58-50)56-53(55-51)37-28-36(45-31-34-16-4-5-17-39(34)40-18-6-7-19-41(40)45)29-38(30-37)57-47-23-11-8-20-42(47)43-21-9-12-24-48(43)57/h1-32H. The summed E-state index contributed by atoms with van der Waals surface area (Å²) in [6.07, 6.45) is 0. The summed E-state index contributed by atoms with van der Waals surface area (Å²) in [4.78, 5) is 15.7. The Bertz CT molecular complexity index is 3530. The minimum atomic E-state index is 0.593. The van der Waals surface area contributed by atoms with Crippen molar-refractivity contribution in [1.82, 2.24) is 19.5 Å². The molecule has 0 saturated heterocycles. The van der Waals surface area contributed by atoms with Crippen LogP contribution < -0.4 is 0 Å². The number of fused-ring (bicyclic) bond motifs is 9. The van der Waals surface area contributed by atoms with Crippen LogP contribution in [0.25, 0.3) is 116 Å². The van der Waals surface area contributed by atoms with Crippen LogP contribution in [-0.2, 0) is 0 Å². The Kier molecular flexibility index (Phi) is 7.16. The molecule has 0 atom stereocenters. The minimum Gasteiger partial charge on any atom is -0.456 e. The van der Waals surface area contributed by atoms with Crippen molar-refractivity contribution in [2.24, 2.45) is 0 Å². The fourth-order valence-electron chi connectivity index (χ4n) is 8.73. The van der Waals surface area contributed by atoms with Gasteiger partial charge in [0.2, 0.25) is 0 Å². The van der Waals surface area contributed by atoms with Gasteiger partial charge < -0.3 is 8.98 Å². The molecule has 0 spiro atoms. The van der Waals surface area contributed by atoms with E-state index in [4.69, 9.17) is 19.4 Å². The van der Waals surface area contributed by atoms with Gasteiger partial charge in [-0.15, -0.1) is 0 Å². The number of nitrogens with zero attached hydrogens (tertiary/aromatic N) is 4. The summed E-state index contributed by atoms with van der Waals surface area (Å²) in [7, 11) is 0. The molecule has 0 aliphatic heterocycles. The second kappa shape index (κ2) is 12.8. The van der Waals surface area contributed by atoms with Gasteiger partial charge in [0.1, 0.15) is 11.2 Å². The van der Waals surface area contributed by atoms with Crippen molar-refractivity contribution in [3.63, 3.8) is 0 Å². The maximum Gasteiger partial charge on any atom is 0.164 e. The first-order valence-electron chi connectivity index (χ1n) is 19.5. The summed E-state index contributed by atoms with van der Waals surface area (Å²) in [5.74, 6) is 1.80. The molecule has 0 aliphatic carbocycles. The average molecular weight is 741 g/mol. The molecule has 270 valence electrons. The lowest BCUT2D eigenvalue weighted by atomic mass is 9.92. The van der Waals surface area contributed by atoms with Gasteiger partial charge in [-0.25, -0.2) is 15.0 Å². The molecule has 0 N–H and O–H groups in total. The maximum absolute atomic E-state index is 6.20. The summed E-state index contributed by atoms with van der Waals surface area (Å²) in [6.45, 7) is 0. The molecule has 58 heavy (non-hydrogen) atoms. The molecule has 0 bridgehead atoms. The number of rotatable bonds is 5. The van der Waals surface area contributed by atoms with Gasteiger partial charge in [-0.05, 0) is 93.3 Å². The van der Waals surface area contributed by atoms with Crippen LogP contribution in [0.3, 0.4) is 0 Å². The van der Waals surface area contributed by atoms with Crippen LogP contribution in [0.5, 0.6) is 0 Å². The van der Waals surface area contributed by atoms with E-state index in [1.54, 1.807) is 0 Å². The van der Waals surface area contributed by atoms with E-state index in [0.29, 0.717) is 17.5 Å². The molecular formula is C53H32N4O. The van der Waals surface area contributed by atoms with Crippen molar-refractivity contribution in [2.75, 3.05) is 0 Å². The van der Waals surface area contributed by atoms with E-state index in [1.807, 2.05) is 48.5 Å². The Labute approximate surface area is 333 Å². The van der Waals surface area contributed by atoms with Gasteiger partial charge in [0.25, 0.3) is 0 Å². The first-order chi connectivity index (χ1) is 28.7. The highest BCUT2D eigenvalue weighted by Gasteiger charge is 2.19. The van der Waals surface area contributed by atoms with Crippen LogP contribution >= 0.6 is 0 Å². The van der Waals surface area contributed by atoms with Gasteiger partial charge in [-0.2, -0.15) is 0 Å². The Balaban J connectivity index is 1.16. The lowest BCUT2D eigenvalue weighted by Crippen LogP contribution is -2.02. The van der Waals surface area contributed by atoms with Crippen LogP contribution in [0.15, 0.2) is 199 Å². The average Bonchev–Trinajstić information content (AvgIpc) is 3.84. The van der Waals surface area contributed by atoms with E-state index < -0.39 is 0 Å². The molecule has 0 aliphatic rings. The first kappa shape index (κ1) is 32.4. The summed E-state index contributed by atoms with van der Waals surface area (Å²) in [6, 6.07) is 68.2. The van der Waals surface area contributed by atoms with Crippen molar-refractivity contribution in [1.29, 1.82) is 0 Å². The van der Waals surface area contributed by atoms with E-state index in [9.17, 15) is 0 Å². The van der Waals surface area contributed by atoms with Crippen molar-refractivity contribution >= 4 is 65.3 Å². The lowest BCUT2D eigenvalue weighted by molar-refractivity contribution is 0.669. The van der Waals surface area contributed by atoms with E-state index in [1.165, 1.54) is 32.3 Å². The van der Waals surface area contributed by atoms with Crippen molar-refractivity contribution in [3.05, 3.63) is 194 Å². The third kappa shape index (κ3) is 5.14. The van der Waals surface area contributed by atoms with Gasteiger partial charge in [0, 0.05) is 43.9 Å². The minimum absolute atomic E-state index is 0.593. The Hall–Kier alpha value is -7.89. The zero-order valence-electron chi connectivity index (χ0n) is 31.2. The van der Waals surface area contributed by atoms with Crippen LogP contribution in [-0.4, -0.2) is 19.5 Å². The number of para-hydroxylation sites is 3. The molecular weight excluding hydrogens is 709 g/mol. The largest absolute Gasteiger partial charge is 0.456 e. The molecule has 9 aromatic carbocycles. The second-order valence-electron chi connectivity index (χ2n) is 14.8. The van der Waals surface area contributed by atoms with E-state index in [-0.39, 0.29) is 0 Å². The summed E-state index contributed by atoms with van der Waals surface area (Å²) in [5.41, 5.74) is 9.90. The monoisotopic (exact) mass is 740 g/mol. The highest BCUT2D eigenvalue weighted by Crippen LogP contribution is 2.40. The number of benzene rings is 9. The quantitative estimate of drug-likeness (QED) is 0.165. The highest BCUT2D eigenvalue weighted by molar-refractivity contribution is 6.14. The van der Waals surface area contributed by atoms with Gasteiger partial charge in [0.05, 0.1) is 11.0 Å². The van der Waals surface area contributed by atoms with Crippen LogP contribution in [0.4, 0.5) is 0 Å². The summed E-state index contributed by atoms with van der Waals surface area (Å²) >= 11 is 0. The molecule has 0 saturated carbocycles. The van der Waals surface area contributed by atoms with Crippen molar-refractivity contribution in [3.8, 4) is 51.0 Å². The first-order valence-corrected chi connectivity index (χ1v) is 19.5. The van der Waals surface area contributed by atoms with Crippen molar-refractivity contribution < 1.29 is 4.42 Å². The van der Waals surface area contributed by atoms with E-state index >= 15 is 0 Å². The van der Waals surface area contributed by atoms with Gasteiger partial charge >= 0.3 is 0 Å². The SMILES string of the molecule is c1ccc(-c2nc(-c3cc(-c4cc5ccccc5c5ccccc45)cc(-n4c5ccccc5c5ccccc54)c3)nc(-c3ccc4oc5ccccc5c4c3)n2)cc1. The third-order valence-corrected chi connectivity index (χ3v) is 11.4. The Morgan fingerprint density at radius 3 is 1.64 bits per heavy atom. The summed E-state index contributed by atoms with van der Waals surface area (Å²) < 4.78 is 8.57. The second-order valence-corrected chi connectivity index (χ2v) is 14.8. The number of hydrogen-bond acceptors (Lipinski definition) is 4. The predicted molar refractivity (Wildman–Crippen MR) is 238 cm³/mol. The molecule has 3 heterocycles. The Morgan fingerprint density at radius 1 is 0.328 bits per heavy atom. The zero-order valence-corrected chi connectivity index (χ0v) is 31.2.